The first-order chi connectivity index (χ1) is 14.6. The predicted octanol–water partition coefficient (Wildman–Crippen LogP) is 2.69. The van der Waals surface area contributed by atoms with Crippen LogP contribution in [-0.2, 0) is 0 Å². The Balaban J connectivity index is 1.35. The minimum atomic E-state index is -0.662. The lowest BCUT2D eigenvalue weighted by Gasteiger charge is -2.28. The Kier molecular flexibility index (Phi) is 5.92. The molecule has 0 atom stereocenters. The van der Waals surface area contributed by atoms with Crippen molar-refractivity contribution in [3.8, 4) is 5.88 Å². The van der Waals surface area contributed by atoms with Crippen molar-refractivity contribution in [2.24, 2.45) is 0 Å². The van der Waals surface area contributed by atoms with Gasteiger partial charge in [0.1, 0.15) is 29.4 Å². The Hall–Kier alpha value is -3.42. The summed E-state index contributed by atoms with van der Waals surface area (Å²) in [6.45, 7) is 4.26. The second-order valence-corrected chi connectivity index (χ2v) is 7.25. The van der Waals surface area contributed by atoms with Gasteiger partial charge in [0, 0.05) is 24.5 Å². The van der Waals surface area contributed by atoms with Crippen molar-refractivity contribution >= 4 is 22.7 Å². The number of hydrogen-bond acceptors (Lipinski definition) is 7. The molecule has 1 fully saturated rings. The fraction of sp³-hybridized carbons (Fsp3) is 0.364. The van der Waals surface area contributed by atoms with Crippen molar-refractivity contribution in [3.63, 3.8) is 0 Å². The maximum absolute atomic E-state index is 12.4. The van der Waals surface area contributed by atoms with Crippen LogP contribution in [0, 0.1) is 6.92 Å². The van der Waals surface area contributed by atoms with Crippen molar-refractivity contribution in [1.82, 2.24) is 15.3 Å². The molecule has 1 amide bonds. The Labute approximate surface area is 173 Å². The van der Waals surface area contributed by atoms with E-state index in [1.807, 2.05) is 19.1 Å². The molecule has 0 saturated carbocycles. The van der Waals surface area contributed by atoms with Gasteiger partial charge in [-0.15, -0.1) is 0 Å². The number of anilines is 1. The van der Waals surface area contributed by atoms with E-state index in [-0.39, 0.29) is 18.7 Å². The van der Waals surface area contributed by atoms with Crippen LogP contribution in [0.5, 0.6) is 5.88 Å². The lowest BCUT2D eigenvalue weighted by molar-refractivity contribution is 0.0943. The summed E-state index contributed by atoms with van der Waals surface area (Å²) in [6, 6.07) is 10.4. The Bertz CT molecular complexity index is 1110. The first-order valence-corrected chi connectivity index (χ1v) is 10.1. The van der Waals surface area contributed by atoms with Gasteiger partial charge in [-0.05, 0) is 38.3 Å². The molecular weight excluding hydrogens is 384 g/mol. The van der Waals surface area contributed by atoms with Gasteiger partial charge in [-0.1, -0.05) is 18.2 Å². The quantitative estimate of drug-likeness (QED) is 0.495. The molecule has 1 N–H and O–H groups in total. The highest BCUT2D eigenvalue weighted by Crippen LogP contribution is 2.21. The smallest absolute Gasteiger partial charge is 0.349 e. The van der Waals surface area contributed by atoms with Crippen molar-refractivity contribution < 1.29 is 13.9 Å². The third-order valence-corrected chi connectivity index (χ3v) is 5.00. The summed E-state index contributed by atoms with van der Waals surface area (Å²) in [7, 11) is 0. The topological polar surface area (TPSA) is 97.6 Å². The number of carbonyl (C=O) groups excluding carboxylic acids is 1. The molecular formula is C22H24N4O4. The van der Waals surface area contributed by atoms with Crippen LogP contribution >= 0.6 is 0 Å². The summed E-state index contributed by atoms with van der Waals surface area (Å²) < 4.78 is 10.9. The van der Waals surface area contributed by atoms with Crippen molar-refractivity contribution in [2.75, 3.05) is 31.1 Å². The normalized spacial score (nSPS) is 14.0. The summed E-state index contributed by atoms with van der Waals surface area (Å²) in [4.78, 5) is 35.5. The fourth-order valence-electron chi connectivity index (χ4n) is 3.52. The second kappa shape index (κ2) is 8.94. The molecule has 156 valence electrons. The first-order valence-electron chi connectivity index (χ1n) is 10.1. The average Bonchev–Trinajstić information content (AvgIpc) is 2.76. The fourth-order valence-corrected chi connectivity index (χ4v) is 3.52. The first kappa shape index (κ1) is 19.9. The molecule has 0 radical (unpaired) electrons. The van der Waals surface area contributed by atoms with E-state index in [4.69, 9.17) is 9.15 Å². The van der Waals surface area contributed by atoms with Crippen LogP contribution in [0.2, 0.25) is 0 Å². The number of piperidine rings is 1. The zero-order valence-corrected chi connectivity index (χ0v) is 16.9. The van der Waals surface area contributed by atoms with Gasteiger partial charge in [0.25, 0.3) is 5.91 Å². The monoisotopic (exact) mass is 408 g/mol. The molecule has 0 unspecified atom stereocenters. The molecule has 30 heavy (non-hydrogen) atoms. The number of aryl methyl sites for hydroxylation is 1. The lowest BCUT2D eigenvalue weighted by Crippen LogP contribution is -2.32. The van der Waals surface area contributed by atoms with E-state index < -0.39 is 11.5 Å². The highest BCUT2D eigenvalue weighted by Gasteiger charge is 2.15. The van der Waals surface area contributed by atoms with E-state index in [0.29, 0.717) is 22.7 Å². The second-order valence-electron chi connectivity index (χ2n) is 7.25. The molecule has 3 heterocycles. The molecule has 1 aliphatic heterocycles. The summed E-state index contributed by atoms with van der Waals surface area (Å²) >= 11 is 0. The zero-order valence-electron chi connectivity index (χ0n) is 16.9. The number of para-hydroxylation sites is 1. The van der Waals surface area contributed by atoms with E-state index in [1.165, 1.54) is 12.5 Å². The number of fused-ring (bicyclic) bond motifs is 1. The van der Waals surface area contributed by atoms with E-state index in [2.05, 4.69) is 20.2 Å². The maximum Gasteiger partial charge on any atom is 0.349 e. The van der Waals surface area contributed by atoms with E-state index >= 15 is 0 Å². The number of nitrogens with one attached hydrogen (secondary N) is 1. The Morgan fingerprint density at radius 2 is 1.97 bits per heavy atom. The van der Waals surface area contributed by atoms with Gasteiger partial charge in [0.15, 0.2) is 0 Å². The number of amides is 1. The average molecular weight is 408 g/mol. The minimum absolute atomic E-state index is 0.0287. The number of carbonyl (C=O) groups is 1. The number of hydrogen-bond donors (Lipinski definition) is 1. The van der Waals surface area contributed by atoms with Crippen LogP contribution in [0.4, 0.5) is 5.82 Å². The highest BCUT2D eigenvalue weighted by atomic mass is 16.5. The standard InChI is InChI=1S/C22H24N4O4/c1-15-24-19(26-10-5-2-6-11-26)14-20(25-15)29-12-9-23-21(27)17-13-16-7-3-4-8-18(16)30-22(17)28/h3-4,7-8,13-14H,2,5-6,9-12H2,1H3,(H,23,27). The summed E-state index contributed by atoms with van der Waals surface area (Å²) in [5, 5.41) is 3.38. The van der Waals surface area contributed by atoms with Crippen molar-refractivity contribution in [2.45, 2.75) is 26.2 Å². The van der Waals surface area contributed by atoms with Gasteiger partial charge in [0.05, 0.1) is 6.54 Å². The highest BCUT2D eigenvalue weighted by molar-refractivity contribution is 5.96. The molecule has 4 rings (SSSR count). The van der Waals surface area contributed by atoms with Crippen molar-refractivity contribution in [1.29, 1.82) is 0 Å². The molecule has 8 nitrogen and oxygen atoms in total. The predicted molar refractivity (Wildman–Crippen MR) is 113 cm³/mol. The number of nitrogens with zero attached hydrogens (tertiary/aromatic N) is 3. The molecule has 0 aliphatic carbocycles. The van der Waals surface area contributed by atoms with Gasteiger partial charge in [-0.3, -0.25) is 4.79 Å². The van der Waals surface area contributed by atoms with Crippen LogP contribution in [0.1, 0.15) is 35.4 Å². The number of ether oxygens (including phenoxy) is 1. The van der Waals surface area contributed by atoms with Gasteiger partial charge in [-0.25, -0.2) is 9.78 Å². The zero-order chi connectivity index (χ0) is 20.9. The van der Waals surface area contributed by atoms with Crippen LogP contribution in [0.25, 0.3) is 11.0 Å². The van der Waals surface area contributed by atoms with Crippen LogP contribution < -0.4 is 20.6 Å². The molecule has 8 heteroatoms. The molecule has 1 aliphatic rings. The van der Waals surface area contributed by atoms with Crippen LogP contribution in [-0.4, -0.2) is 42.1 Å². The number of aromatic nitrogens is 2. The van der Waals surface area contributed by atoms with Gasteiger partial charge >= 0.3 is 5.63 Å². The largest absolute Gasteiger partial charge is 0.476 e. The van der Waals surface area contributed by atoms with Crippen LogP contribution in [0.3, 0.4) is 0 Å². The van der Waals surface area contributed by atoms with E-state index in [0.717, 1.165) is 31.7 Å². The number of benzene rings is 1. The maximum atomic E-state index is 12.4. The van der Waals surface area contributed by atoms with Gasteiger partial charge in [-0.2, -0.15) is 4.98 Å². The Morgan fingerprint density at radius 1 is 1.17 bits per heavy atom. The summed E-state index contributed by atoms with van der Waals surface area (Å²) in [6.07, 6.45) is 3.57. The summed E-state index contributed by atoms with van der Waals surface area (Å²) in [5.74, 6) is 1.49. The van der Waals surface area contributed by atoms with Crippen LogP contribution in [0.15, 0.2) is 45.6 Å². The van der Waals surface area contributed by atoms with E-state index in [9.17, 15) is 9.59 Å². The van der Waals surface area contributed by atoms with Gasteiger partial charge < -0.3 is 19.4 Å². The SMILES string of the molecule is Cc1nc(OCCNC(=O)c2cc3ccccc3oc2=O)cc(N2CCCCC2)n1. The lowest BCUT2D eigenvalue weighted by atomic mass is 10.1. The third-order valence-electron chi connectivity index (χ3n) is 5.00. The molecule has 1 saturated heterocycles. The van der Waals surface area contributed by atoms with Crippen molar-refractivity contribution in [3.05, 3.63) is 58.2 Å². The molecule has 0 spiro atoms. The Morgan fingerprint density at radius 3 is 2.80 bits per heavy atom. The van der Waals surface area contributed by atoms with Gasteiger partial charge in [0.2, 0.25) is 5.88 Å². The molecule has 1 aromatic carbocycles. The third kappa shape index (κ3) is 4.59. The minimum Gasteiger partial charge on any atom is -0.476 e. The molecule has 2 aromatic heterocycles. The molecule has 3 aromatic rings. The summed E-state index contributed by atoms with van der Waals surface area (Å²) in [5.41, 5.74) is -0.241. The number of rotatable bonds is 6. The molecule has 0 bridgehead atoms. The van der Waals surface area contributed by atoms with E-state index in [1.54, 1.807) is 18.2 Å².